The van der Waals surface area contributed by atoms with Crippen molar-refractivity contribution in [3.05, 3.63) is 53.1 Å². The average Bonchev–Trinajstić information content (AvgIpc) is 3.53. The Morgan fingerprint density at radius 3 is 2.34 bits per heavy atom. The number of anilines is 1. The molecule has 6 amide bonds. The van der Waals surface area contributed by atoms with Crippen LogP contribution >= 0.6 is 0 Å². The van der Waals surface area contributed by atoms with Gasteiger partial charge in [0.05, 0.1) is 37.6 Å². The van der Waals surface area contributed by atoms with E-state index in [9.17, 15) is 28.8 Å². The van der Waals surface area contributed by atoms with E-state index in [0.717, 1.165) is 17.7 Å². The third-order valence-electron chi connectivity index (χ3n) is 12.3. The van der Waals surface area contributed by atoms with Crippen LogP contribution in [-0.4, -0.2) is 110 Å². The van der Waals surface area contributed by atoms with E-state index in [2.05, 4.69) is 36.7 Å². The third-order valence-corrected chi connectivity index (χ3v) is 12.3. The molecule has 2 aliphatic heterocycles. The number of amides is 6. The van der Waals surface area contributed by atoms with Crippen molar-refractivity contribution in [3.8, 4) is 11.5 Å². The molecule has 7 rings (SSSR count). The first-order valence-corrected chi connectivity index (χ1v) is 20.1. The van der Waals surface area contributed by atoms with Gasteiger partial charge >= 0.3 is 30.9 Å². The summed E-state index contributed by atoms with van der Waals surface area (Å²) >= 11 is 0. The lowest BCUT2D eigenvalue weighted by molar-refractivity contribution is -0.199. The van der Waals surface area contributed by atoms with Gasteiger partial charge in [-0.3, -0.25) is 24.1 Å². The fraction of sp³-hybridized carbons (Fsp3) is 0.571. The van der Waals surface area contributed by atoms with Crippen molar-refractivity contribution < 1.29 is 52.3 Å². The number of nitrogens with one attached hydrogen (secondary N) is 3. The Bertz CT molecular complexity index is 2020. The highest BCUT2D eigenvalue weighted by atomic mass is 16.7. The first kappa shape index (κ1) is 43.4. The maximum Gasteiger partial charge on any atom is 0.482 e. The number of likely N-dealkylation sites (N-methyl/N-ethyl adjacent to an activating group) is 1. The van der Waals surface area contributed by atoms with Gasteiger partial charge in [-0.05, 0) is 100 Å². The molecule has 5 fully saturated rings. The quantitative estimate of drug-likeness (QED) is 0.159. The van der Waals surface area contributed by atoms with Crippen molar-refractivity contribution in [2.24, 2.45) is 17.3 Å². The van der Waals surface area contributed by atoms with Crippen molar-refractivity contribution >= 4 is 48.4 Å². The highest BCUT2D eigenvalue weighted by Gasteiger charge is 2.68. The van der Waals surface area contributed by atoms with Crippen molar-refractivity contribution in [2.45, 2.75) is 104 Å². The number of hydrogen-bond donors (Lipinski definition) is 3. The monoisotopic (exact) mass is 817 g/mol. The van der Waals surface area contributed by atoms with E-state index >= 15 is 0 Å². The lowest BCUT2D eigenvalue weighted by Crippen LogP contribution is -2.65. The molecule has 6 atom stereocenters. The summed E-state index contributed by atoms with van der Waals surface area (Å²) in [6, 6.07) is 7.21. The first-order chi connectivity index (χ1) is 27.7. The van der Waals surface area contributed by atoms with Gasteiger partial charge in [-0.15, -0.1) is 0 Å². The molecule has 5 aliphatic rings. The maximum atomic E-state index is 14.9. The number of carbonyl (C=O) groups is 6. The zero-order valence-electron chi connectivity index (χ0n) is 35.6. The van der Waals surface area contributed by atoms with Crippen LogP contribution in [-0.2, 0) is 39.6 Å². The van der Waals surface area contributed by atoms with Crippen molar-refractivity contribution in [1.29, 1.82) is 0 Å². The molecule has 2 heterocycles. The molecule has 3 aliphatic carbocycles. The molecule has 59 heavy (non-hydrogen) atoms. The summed E-state index contributed by atoms with van der Waals surface area (Å²) in [5.74, 6) is -3.28. The topological polar surface area (TPSA) is 191 Å². The van der Waals surface area contributed by atoms with Crippen LogP contribution in [0.4, 0.5) is 10.5 Å². The van der Waals surface area contributed by atoms with E-state index in [0.29, 0.717) is 23.8 Å². The third kappa shape index (κ3) is 8.49. The second-order valence-corrected chi connectivity index (χ2v) is 17.5. The molecule has 2 aromatic rings. The summed E-state index contributed by atoms with van der Waals surface area (Å²) in [4.78, 5) is 82.3. The standard InChI is InChI=1S/C42H56BN5O11/c1-11-47-17-18-48(37(52)36(47)51)39(54)46-33(24-15-16-29(55-9)28(19-24)44-23(2)49)35(50)45-32(43-58-31-22-26-21-30(41(26,6)7)42(31,8)59-43)20-25-13-12-14-27(34(25)56-10)38(53)57-40(3,4)5/h12-16,19,26,30-33H,11,17-18,20-22H2,1-10H3,(H,44,49)(H,45,50)(H,46,54)/t26-,30-,31+,32?,33?,42-/m0/s1. The van der Waals surface area contributed by atoms with Crippen molar-refractivity contribution in [1.82, 2.24) is 20.4 Å². The predicted molar refractivity (Wildman–Crippen MR) is 216 cm³/mol. The minimum atomic E-state index is -1.48. The molecule has 3 saturated carbocycles. The van der Waals surface area contributed by atoms with Gasteiger partial charge in [-0.2, -0.15) is 0 Å². The fourth-order valence-corrected chi connectivity index (χ4v) is 9.13. The number of rotatable bonds is 12. The Morgan fingerprint density at radius 2 is 1.71 bits per heavy atom. The van der Waals surface area contributed by atoms with Gasteiger partial charge in [0.1, 0.15) is 28.7 Å². The zero-order valence-corrected chi connectivity index (χ0v) is 35.6. The van der Waals surface area contributed by atoms with Crippen LogP contribution in [0.1, 0.15) is 95.8 Å². The molecule has 318 valence electrons. The van der Waals surface area contributed by atoms with E-state index < -0.39 is 65.9 Å². The Kier molecular flexibility index (Phi) is 12.1. The van der Waals surface area contributed by atoms with Crippen LogP contribution in [0.15, 0.2) is 36.4 Å². The van der Waals surface area contributed by atoms with E-state index in [4.69, 9.17) is 23.5 Å². The van der Waals surface area contributed by atoms with Crippen LogP contribution < -0.4 is 25.4 Å². The summed E-state index contributed by atoms with van der Waals surface area (Å²) in [5.41, 5.74) is -0.197. The molecule has 0 aromatic heterocycles. The molecule has 2 aromatic carbocycles. The number of hydrogen-bond acceptors (Lipinski definition) is 11. The molecule has 0 spiro atoms. The van der Waals surface area contributed by atoms with Gasteiger partial charge in [-0.25, -0.2) is 9.59 Å². The second-order valence-electron chi connectivity index (χ2n) is 17.5. The van der Waals surface area contributed by atoms with Gasteiger partial charge in [0, 0.05) is 26.6 Å². The number of urea groups is 1. The Hall–Kier alpha value is -5.16. The molecule has 17 heteroatoms. The lowest BCUT2D eigenvalue weighted by Gasteiger charge is -2.64. The number of nitrogens with zero attached hydrogens (tertiary/aromatic N) is 2. The van der Waals surface area contributed by atoms with Crippen molar-refractivity contribution in [3.63, 3.8) is 0 Å². The number of carbonyl (C=O) groups excluding carboxylic acids is 6. The number of benzene rings is 2. The van der Waals surface area contributed by atoms with E-state index in [1.165, 1.54) is 38.2 Å². The molecular weight excluding hydrogens is 761 g/mol. The SMILES string of the molecule is CCN1CCN(C(=O)NC(C(=O)NC(Cc2cccc(C(=O)OC(C)(C)C)c2OC)B2O[C@@H]3C[C@@H]4C[C@@H](C4(C)C)[C@]3(C)O2)c2ccc(OC)c(NC(C)=O)c2)C(=O)C1=O. The number of piperazine rings is 1. The minimum Gasteiger partial charge on any atom is -0.496 e. The second kappa shape index (κ2) is 16.5. The summed E-state index contributed by atoms with van der Waals surface area (Å²) in [6.07, 6.45) is 1.59. The Morgan fingerprint density at radius 1 is 0.983 bits per heavy atom. The molecule has 2 bridgehead atoms. The number of imide groups is 1. The van der Waals surface area contributed by atoms with Crippen LogP contribution in [0.2, 0.25) is 0 Å². The fourth-order valence-electron chi connectivity index (χ4n) is 9.13. The highest BCUT2D eigenvalue weighted by molar-refractivity contribution is 6.48. The highest BCUT2D eigenvalue weighted by Crippen LogP contribution is 2.65. The van der Waals surface area contributed by atoms with Gasteiger partial charge in [0.15, 0.2) is 0 Å². The lowest BCUT2D eigenvalue weighted by atomic mass is 9.43. The molecule has 0 radical (unpaired) electrons. The average molecular weight is 818 g/mol. The molecule has 2 saturated heterocycles. The number of methoxy groups -OCH3 is 2. The molecule has 2 unspecified atom stereocenters. The number of para-hydroxylation sites is 1. The van der Waals surface area contributed by atoms with Crippen molar-refractivity contribution in [2.75, 3.05) is 39.2 Å². The van der Waals surface area contributed by atoms with Gasteiger partial charge in [0.2, 0.25) is 11.8 Å². The predicted octanol–water partition coefficient (Wildman–Crippen LogP) is 4.05. The van der Waals surface area contributed by atoms with Gasteiger partial charge < -0.3 is 44.4 Å². The smallest absolute Gasteiger partial charge is 0.482 e. The first-order valence-electron chi connectivity index (χ1n) is 20.1. The van der Waals surface area contributed by atoms with Gasteiger partial charge in [-0.1, -0.05) is 32.0 Å². The summed E-state index contributed by atoms with van der Waals surface area (Å²) < 4.78 is 30.5. The van der Waals surface area contributed by atoms with E-state index in [1.54, 1.807) is 52.0 Å². The largest absolute Gasteiger partial charge is 0.496 e. The zero-order chi connectivity index (χ0) is 43.2. The summed E-state index contributed by atoms with van der Waals surface area (Å²) in [7, 11) is 1.90. The Labute approximate surface area is 345 Å². The van der Waals surface area contributed by atoms with Crippen LogP contribution in [0, 0.1) is 17.3 Å². The molecule has 3 N–H and O–H groups in total. The van der Waals surface area contributed by atoms with Gasteiger partial charge in [0.25, 0.3) is 0 Å². The molecule has 16 nitrogen and oxygen atoms in total. The van der Waals surface area contributed by atoms with Crippen LogP contribution in [0.25, 0.3) is 0 Å². The summed E-state index contributed by atoms with van der Waals surface area (Å²) in [5, 5.41) is 8.45. The minimum absolute atomic E-state index is 0.0317. The van der Waals surface area contributed by atoms with E-state index in [-0.39, 0.29) is 59.5 Å². The number of esters is 1. The van der Waals surface area contributed by atoms with Crippen LogP contribution in [0.5, 0.6) is 11.5 Å². The van der Waals surface area contributed by atoms with Crippen LogP contribution in [0.3, 0.4) is 0 Å². The molecular formula is C42H56BN5O11. The number of ether oxygens (including phenoxy) is 3. The van der Waals surface area contributed by atoms with E-state index in [1.807, 2.05) is 0 Å². The maximum absolute atomic E-state index is 14.9. The summed E-state index contributed by atoms with van der Waals surface area (Å²) in [6.45, 7) is 15.2. The Balaban J connectivity index is 1.38. The normalized spacial score (nSPS) is 24.3.